The van der Waals surface area contributed by atoms with Crippen LogP contribution in [0.5, 0.6) is 0 Å². The average molecular weight is 373 g/mol. The van der Waals surface area contributed by atoms with Crippen molar-refractivity contribution in [1.82, 2.24) is 0 Å². The summed E-state index contributed by atoms with van der Waals surface area (Å²) in [6.45, 7) is 1.93. The van der Waals surface area contributed by atoms with Crippen LogP contribution in [0.2, 0.25) is 0 Å². The SMILES string of the molecule is Cc1ccc(NC(=O)C(C#N)=Cc2ccc(-c3ccccc3[N+](=O)[O-])o2)cc1. The number of nitrogens with zero attached hydrogens (tertiary/aromatic N) is 2. The van der Waals surface area contributed by atoms with Crippen molar-refractivity contribution in [2.24, 2.45) is 0 Å². The first-order chi connectivity index (χ1) is 13.5. The van der Waals surface area contributed by atoms with Gasteiger partial charge in [0.1, 0.15) is 23.2 Å². The van der Waals surface area contributed by atoms with Gasteiger partial charge in [-0.2, -0.15) is 5.26 Å². The molecule has 1 aromatic heterocycles. The second kappa shape index (κ2) is 8.01. The molecule has 28 heavy (non-hydrogen) atoms. The first kappa shape index (κ1) is 18.6. The molecule has 7 nitrogen and oxygen atoms in total. The van der Waals surface area contributed by atoms with Crippen LogP contribution in [0.15, 0.2) is 70.7 Å². The summed E-state index contributed by atoms with van der Waals surface area (Å²) in [5.41, 5.74) is 1.69. The lowest BCUT2D eigenvalue weighted by Crippen LogP contribution is -2.13. The van der Waals surface area contributed by atoms with Crippen LogP contribution in [0.25, 0.3) is 17.4 Å². The molecule has 0 saturated carbocycles. The fourth-order valence-electron chi connectivity index (χ4n) is 2.54. The minimum absolute atomic E-state index is 0.0926. The molecule has 0 aliphatic rings. The highest BCUT2D eigenvalue weighted by molar-refractivity contribution is 6.09. The summed E-state index contributed by atoms with van der Waals surface area (Å²) in [7, 11) is 0. The summed E-state index contributed by atoms with van der Waals surface area (Å²) >= 11 is 0. The van der Waals surface area contributed by atoms with E-state index in [4.69, 9.17) is 4.42 Å². The molecule has 3 rings (SSSR count). The predicted molar refractivity (Wildman–Crippen MR) is 104 cm³/mol. The summed E-state index contributed by atoms with van der Waals surface area (Å²) in [6.07, 6.45) is 1.29. The molecule has 0 unspecified atom stereocenters. The standard InChI is InChI=1S/C21H15N3O4/c1-14-6-8-16(9-7-14)23-21(25)15(13-22)12-17-10-11-20(28-17)18-4-2-3-5-19(18)24(26)27/h2-12H,1H3,(H,23,25). The summed E-state index contributed by atoms with van der Waals surface area (Å²) in [4.78, 5) is 23.0. The van der Waals surface area contributed by atoms with E-state index in [1.807, 2.05) is 25.1 Å². The topological polar surface area (TPSA) is 109 Å². The Morgan fingerprint density at radius 1 is 1.14 bits per heavy atom. The molecule has 1 heterocycles. The fraction of sp³-hybridized carbons (Fsp3) is 0.0476. The number of anilines is 1. The molecular weight excluding hydrogens is 358 g/mol. The van der Waals surface area contributed by atoms with Crippen molar-refractivity contribution in [2.45, 2.75) is 6.92 Å². The number of aryl methyl sites for hydroxylation is 1. The smallest absolute Gasteiger partial charge is 0.280 e. The van der Waals surface area contributed by atoms with Gasteiger partial charge in [-0.05, 0) is 37.3 Å². The second-order valence-electron chi connectivity index (χ2n) is 5.97. The molecule has 1 amide bonds. The summed E-state index contributed by atoms with van der Waals surface area (Å²) in [6, 6.07) is 18.3. The molecule has 0 spiro atoms. The number of para-hydroxylation sites is 1. The van der Waals surface area contributed by atoms with Crippen molar-refractivity contribution in [3.63, 3.8) is 0 Å². The van der Waals surface area contributed by atoms with E-state index in [2.05, 4.69) is 5.32 Å². The van der Waals surface area contributed by atoms with Gasteiger partial charge in [-0.25, -0.2) is 0 Å². The Hall–Kier alpha value is -4.18. The largest absolute Gasteiger partial charge is 0.456 e. The minimum Gasteiger partial charge on any atom is -0.456 e. The Kier molecular flexibility index (Phi) is 5.33. The van der Waals surface area contributed by atoms with Crippen molar-refractivity contribution in [2.75, 3.05) is 5.32 Å². The van der Waals surface area contributed by atoms with E-state index in [0.29, 0.717) is 11.3 Å². The molecule has 3 aromatic rings. The molecule has 2 aromatic carbocycles. The monoisotopic (exact) mass is 373 g/mol. The van der Waals surface area contributed by atoms with Crippen LogP contribution in [-0.4, -0.2) is 10.8 Å². The fourth-order valence-corrected chi connectivity index (χ4v) is 2.54. The maximum absolute atomic E-state index is 12.3. The molecule has 0 saturated heterocycles. The number of rotatable bonds is 5. The Morgan fingerprint density at radius 2 is 1.86 bits per heavy atom. The van der Waals surface area contributed by atoms with Gasteiger partial charge in [0.25, 0.3) is 11.6 Å². The van der Waals surface area contributed by atoms with Crippen LogP contribution in [0.4, 0.5) is 11.4 Å². The third kappa shape index (κ3) is 4.14. The quantitative estimate of drug-likeness (QED) is 0.301. The third-order valence-electron chi connectivity index (χ3n) is 3.95. The molecule has 138 valence electrons. The second-order valence-corrected chi connectivity index (χ2v) is 5.97. The van der Waals surface area contributed by atoms with E-state index in [0.717, 1.165) is 5.56 Å². The Bertz CT molecular complexity index is 1110. The number of amides is 1. The zero-order valence-corrected chi connectivity index (χ0v) is 14.9. The number of nitro groups is 1. The average Bonchev–Trinajstić information content (AvgIpc) is 3.16. The highest BCUT2D eigenvalue weighted by Crippen LogP contribution is 2.31. The first-order valence-corrected chi connectivity index (χ1v) is 8.31. The Labute approximate surface area is 160 Å². The number of furan rings is 1. The maximum atomic E-state index is 12.3. The summed E-state index contributed by atoms with van der Waals surface area (Å²) < 4.78 is 5.60. The predicted octanol–water partition coefficient (Wildman–Crippen LogP) is 4.71. The van der Waals surface area contributed by atoms with Crippen LogP contribution >= 0.6 is 0 Å². The van der Waals surface area contributed by atoms with Crippen LogP contribution in [-0.2, 0) is 4.79 Å². The number of hydrogen-bond acceptors (Lipinski definition) is 5. The van der Waals surface area contributed by atoms with E-state index < -0.39 is 10.8 Å². The summed E-state index contributed by atoms with van der Waals surface area (Å²) in [5, 5.41) is 23.1. The number of nitro benzene ring substituents is 1. The van der Waals surface area contributed by atoms with E-state index in [1.165, 1.54) is 12.1 Å². The number of nitrogens with one attached hydrogen (secondary N) is 1. The number of carbonyl (C=O) groups excluding carboxylic acids is 1. The maximum Gasteiger partial charge on any atom is 0.280 e. The molecule has 0 atom stereocenters. The normalized spacial score (nSPS) is 10.9. The summed E-state index contributed by atoms with van der Waals surface area (Å²) in [5.74, 6) is -0.0615. The number of hydrogen-bond donors (Lipinski definition) is 1. The minimum atomic E-state index is -0.574. The van der Waals surface area contributed by atoms with E-state index >= 15 is 0 Å². The van der Waals surface area contributed by atoms with Crippen molar-refractivity contribution in [3.05, 3.63) is 87.7 Å². The van der Waals surface area contributed by atoms with Crippen LogP contribution in [0.3, 0.4) is 0 Å². The lowest BCUT2D eigenvalue weighted by atomic mass is 10.1. The lowest BCUT2D eigenvalue weighted by molar-refractivity contribution is -0.384. The molecule has 0 fully saturated rings. The van der Waals surface area contributed by atoms with E-state index in [-0.39, 0.29) is 22.8 Å². The van der Waals surface area contributed by atoms with E-state index in [1.54, 1.807) is 42.5 Å². The van der Waals surface area contributed by atoms with Gasteiger partial charge in [0.05, 0.1) is 10.5 Å². The molecule has 0 bridgehead atoms. The van der Waals surface area contributed by atoms with Gasteiger partial charge in [0, 0.05) is 17.8 Å². The zero-order valence-electron chi connectivity index (χ0n) is 14.9. The Morgan fingerprint density at radius 3 is 2.54 bits per heavy atom. The first-order valence-electron chi connectivity index (χ1n) is 8.31. The van der Waals surface area contributed by atoms with Gasteiger partial charge in [-0.1, -0.05) is 29.8 Å². The molecule has 0 aliphatic carbocycles. The van der Waals surface area contributed by atoms with Crippen molar-refractivity contribution in [3.8, 4) is 17.4 Å². The highest BCUT2D eigenvalue weighted by Gasteiger charge is 2.17. The molecule has 0 aliphatic heterocycles. The van der Waals surface area contributed by atoms with Crippen LogP contribution in [0, 0.1) is 28.4 Å². The van der Waals surface area contributed by atoms with Gasteiger partial charge < -0.3 is 9.73 Å². The van der Waals surface area contributed by atoms with Gasteiger partial charge in [-0.15, -0.1) is 0 Å². The zero-order chi connectivity index (χ0) is 20.1. The van der Waals surface area contributed by atoms with Crippen molar-refractivity contribution < 1.29 is 14.1 Å². The molecule has 1 N–H and O–H groups in total. The van der Waals surface area contributed by atoms with E-state index in [9.17, 15) is 20.2 Å². The van der Waals surface area contributed by atoms with Gasteiger partial charge in [-0.3, -0.25) is 14.9 Å². The lowest BCUT2D eigenvalue weighted by Gasteiger charge is -2.04. The highest BCUT2D eigenvalue weighted by atomic mass is 16.6. The van der Waals surface area contributed by atoms with Gasteiger partial charge >= 0.3 is 0 Å². The molecule has 0 radical (unpaired) electrons. The molecule has 7 heteroatoms. The van der Waals surface area contributed by atoms with Gasteiger partial charge in [0.15, 0.2) is 0 Å². The van der Waals surface area contributed by atoms with Gasteiger partial charge in [0.2, 0.25) is 0 Å². The van der Waals surface area contributed by atoms with Crippen molar-refractivity contribution >= 4 is 23.4 Å². The third-order valence-corrected chi connectivity index (χ3v) is 3.95. The Balaban J connectivity index is 1.85. The number of benzene rings is 2. The van der Waals surface area contributed by atoms with Crippen LogP contribution in [0.1, 0.15) is 11.3 Å². The number of carbonyl (C=O) groups is 1. The molecular formula is C21H15N3O4. The van der Waals surface area contributed by atoms with Crippen LogP contribution < -0.4 is 5.32 Å². The number of nitriles is 1. The van der Waals surface area contributed by atoms with Crippen molar-refractivity contribution in [1.29, 1.82) is 5.26 Å².